The van der Waals surface area contributed by atoms with E-state index in [4.69, 9.17) is 0 Å². The minimum atomic E-state index is -0.227. The fraction of sp³-hybridized carbons (Fsp3) is 0.308. The van der Waals surface area contributed by atoms with E-state index < -0.39 is 0 Å². The topological polar surface area (TPSA) is 0 Å². The molecule has 0 aliphatic carbocycles. The molecular weight excluding hydrogens is 465 g/mol. The van der Waals surface area contributed by atoms with E-state index in [9.17, 15) is 13.2 Å². The van der Waals surface area contributed by atoms with Gasteiger partial charge in [-0.3, -0.25) is 0 Å². The maximum atomic E-state index is 12.6. The van der Waals surface area contributed by atoms with E-state index in [1.54, 1.807) is 43.0 Å². The van der Waals surface area contributed by atoms with Gasteiger partial charge in [-0.25, -0.2) is 13.2 Å². The van der Waals surface area contributed by atoms with Crippen molar-refractivity contribution in [3.63, 3.8) is 0 Å². The van der Waals surface area contributed by atoms with E-state index in [0.717, 1.165) is 9.80 Å². The smallest absolute Gasteiger partial charge is 0.136 e. The summed E-state index contributed by atoms with van der Waals surface area (Å²) < 4.78 is 37.3. The van der Waals surface area contributed by atoms with Crippen molar-refractivity contribution in [2.24, 2.45) is 0 Å². The lowest BCUT2D eigenvalue weighted by atomic mass is 10.4. The van der Waals surface area contributed by atoms with Crippen molar-refractivity contribution in [2.45, 2.75) is 44.4 Å². The number of thioether (sulfide) groups is 3. The number of hydrogen-bond donors (Lipinski definition) is 0. The minimum absolute atomic E-state index is 0.134. The lowest BCUT2D eigenvalue weighted by Crippen LogP contribution is -1.75. The van der Waals surface area contributed by atoms with Crippen molar-refractivity contribution < 1.29 is 13.2 Å². The normalized spacial score (nSPS) is 9.66. The van der Waals surface area contributed by atoms with Crippen LogP contribution in [0, 0.1) is 11.6 Å². The second-order valence-corrected chi connectivity index (χ2v) is 7.63. The van der Waals surface area contributed by atoms with Crippen LogP contribution in [0.4, 0.5) is 13.2 Å². The molecule has 0 bridgehead atoms. The summed E-state index contributed by atoms with van der Waals surface area (Å²) in [5.74, 6) is -0.526. The van der Waals surface area contributed by atoms with Gasteiger partial charge in [-0.1, -0.05) is 58.5 Å². The highest BCUT2D eigenvalue weighted by Gasteiger charge is 1.94. The highest BCUT2D eigenvalue weighted by Crippen LogP contribution is 2.17. The maximum Gasteiger partial charge on any atom is 0.136 e. The molecule has 0 fully saturated rings. The number of halogens is 3. The van der Waals surface area contributed by atoms with E-state index >= 15 is 0 Å². The van der Waals surface area contributed by atoms with E-state index in [-0.39, 0.29) is 17.5 Å². The Bertz CT molecular complexity index is 772. The fourth-order valence-electron chi connectivity index (χ4n) is 1.54. The number of rotatable bonds is 5. The van der Waals surface area contributed by atoms with Gasteiger partial charge in [0, 0.05) is 9.79 Å². The molecular formula is C26H37F3S3. The van der Waals surface area contributed by atoms with Crippen LogP contribution in [0.15, 0.2) is 93.9 Å². The molecule has 2 rings (SSSR count). The molecule has 2 aromatic carbocycles. The van der Waals surface area contributed by atoms with Crippen LogP contribution in [0.25, 0.3) is 0 Å². The second kappa shape index (κ2) is 25.8. The largest absolute Gasteiger partial charge is 0.207 e. The molecule has 0 saturated carbocycles. The summed E-state index contributed by atoms with van der Waals surface area (Å²) in [4.78, 5) is 2.53. The first-order valence-corrected chi connectivity index (χ1v) is 13.9. The van der Waals surface area contributed by atoms with Gasteiger partial charge in [0.15, 0.2) is 0 Å². The molecule has 0 saturated heterocycles. The average Bonchev–Trinajstić information content (AvgIpc) is 2.85. The third kappa shape index (κ3) is 20.4. The fourth-order valence-corrected chi connectivity index (χ4v) is 2.67. The summed E-state index contributed by atoms with van der Waals surface area (Å²) in [5.41, 5.74) is 0. The van der Waals surface area contributed by atoms with E-state index in [1.807, 2.05) is 58.6 Å². The van der Waals surface area contributed by atoms with Gasteiger partial charge in [0.1, 0.15) is 17.5 Å². The van der Waals surface area contributed by atoms with Gasteiger partial charge in [0.2, 0.25) is 0 Å². The molecule has 0 aliphatic heterocycles. The molecule has 0 radical (unpaired) electrons. The molecule has 0 nitrogen and oxygen atoms in total. The Labute approximate surface area is 206 Å². The third-order valence-corrected chi connectivity index (χ3v) is 5.21. The van der Waals surface area contributed by atoms with Crippen LogP contribution in [0.5, 0.6) is 0 Å². The van der Waals surface area contributed by atoms with Crippen molar-refractivity contribution >= 4 is 35.3 Å². The summed E-state index contributed by atoms with van der Waals surface area (Å²) in [6.45, 7) is 13.3. The lowest BCUT2D eigenvalue weighted by molar-refractivity contribution is 0.602. The average molecular weight is 503 g/mol. The van der Waals surface area contributed by atoms with Crippen LogP contribution >= 0.6 is 35.3 Å². The summed E-state index contributed by atoms with van der Waals surface area (Å²) in [6.07, 6.45) is 10.1. The SMILES string of the molecule is C=C(/C=C\C(F)=C/C)SC.CC.CC.CSc1cccc(F)c1.CSc1ccccc1F. The molecule has 6 heteroatoms. The molecule has 0 heterocycles. The Kier molecular flexibility index (Phi) is 28.3. The van der Waals surface area contributed by atoms with Gasteiger partial charge in [-0.2, -0.15) is 0 Å². The molecule has 32 heavy (non-hydrogen) atoms. The van der Waals surface area contributed by atoms with Crippen molar-refractivity contribution in [1.82, 2.24) is 0 Å². The lowest BCUT2D eigenvalue weighted by Gasteiger charge is -1.94. The highest BCUT2D eigenvalue weighted by molar-refractivity contribution is 8.02. The first-order valence-electron chi connectivity index (χ1n) is 10.2. The summed E-state index contributed by atoms with van der Waals surface area (Å²) in [7, 11) is 0. The minimum Gasteiger partial charge on any atom is -0.207 e. The van der Waals surface area contributed by atoms with Crippen LogP contribution in [0.1, 0.15) is 34.6 Å². The predicted octanol–water partition coefficient (Wildman–Crippen LogP) is 10.4. The van der Waals surface area contributed by atoms with E-state index in [0.29, 0.717) is 4.90 Å². The Morgan fingerprint density at radius 3 is 1.81 bits per heavy atom. The Hall–Kier alpha value is -1.50. The molecule has 0 amide bonds. The predicted molar refractivity (Wildman–Crippen MR) is 146 cm³/mol. The summed E-state index contributed by atoms with van der Waals surface area (Å²) in [5, 5.41) is 0. The van der Waals surface area contributed by atoms with Crippen LogP contribution < -0.4 is 0 Å². The monoisotopic (exact) mass is 502 g/mol. The highest BCUT2D eigenvalue weighted by atomic mass is 32.2. The summed E-state index contributed by atoms with van der Waals surface area (Å²) >= 11 is 4.47. The van der Waals surface area contributed by atoms with Gasteiger partial charge in [0.25, 0.3) is 0 Å². The van der Waals surface area contributed by atoms with Crippen LogP contribution in [-0.4, -0.2) is 18.8 Å². The van der Waals surface area contributed by atoms with E-state index in [2.05, 4.69) is 6.58 Å². The Morgan fingerprint density at radius 2 is 1.44 bits per heavy atom. The van der Waals surface area contributed by atoms with Gasteiger partial charge >= 0.3 is 0 Å². The molecule has 0 spiro atoms. The van der Waals surface area contributed by atoms with E-state index in [1.165, 1.54) is 53.9 Å². The molecule has 180 valence electrons. The van der Waals surface area contributed by atoms with Crippen LogP contribution in [0.3, 0.4) is 0 Å². The van der Waals surface area contributed by atoms with Crippen molar-refractivity contribution in [1.29, 1.82) is 0 Å². The summed E-state index contributed by atoms with van der Waals surface area (Å²) in [6, 6.07) is 13.3. The zero-order valence-electron chi connectivity index (χ0n) is 20.4. The number of allylic oxidation sites excluding steroid dienone is 4. The number of hydrogen-bond acceptors (Lipinski definition) is 3. The molecule has 2 aromatic rings. The van der Waals surface area contributed by atoms with Crippen molar-refractivity contribution in [2.75, 3.05) is 18.8 Å². The standard InChI is InChI=1S/C8H11FS.2C7H7FS.2C2H6/c1-4-8(9)6-5-7(2)10-3;1-9-7-4-2-3-6(8)5-7;1-9-7-5-3-2-4-6(7)8;2*1-2/h4-6H,2H2,1,3H3;2*2-5H,1H3;2*1-2H3/b6-5-,8-4+;;;;. The van der Waals surface area contributed by atoms with Crippen LogP contribution in [0.2, 0.25) is 0 Å². The van der Waals surface area contributed by atoms with Crippen molar-refractivity contribution in [3.05, 3.63) is 95.7 Å². The quantitative estimate of drug-likeness (QED) is 0.295. The Morgan fingerprint density at radius 1 is 0.844 bits per heavy atom. The first kappa shape index (κ1) is 35.1. The zero-order chi connectivity index (χ0) is 25.4. The molecule has 0 N–H and O–H groups in total. The maximum absolute atomic E-state index is 12.6. The first-order chi connectivity index (χ1) is 15.4. The zero-order valence-corrected chi connectivity index (χ0v) is 22.9. The van der Waals surface area contributed by atoms with Gasteiger partial charge in [-0.05, 0) is 73.1 Å². The number of benzene rings is 2. The molecule has 0 aliphatic rings. The molecule has 0 atom stereocenters. The molecule has 0 unspecified atom stereocenters. The van der Waals surface area contributed by atoms with Gasteiger partial charge in [0.05, 0.1) is 0 Å². The molecule has 0 aromatic heterocycles. The third-order valence-electron chi connectivity index (χ3n) is 3.05. The second-order valence-electron chi connectivity index (χ2n) is 4.97. The van der Waals surface area contributed by atoms with Gasteiger partial charge in [-0.15, -0.1) is 35.3 Å². The van der Waals surface area contributed by atoms with Gasteiger partial charge < -0.3 is 0 Å². The van der Waals surface area contributed by atoms with Crippen molar-refractivity contribution in [3.8, 4) is 0 Å². The Balaban J connectivity index is -0.000000365. The van der Waals surface area contributed by atoms with Crippen LogP contribution in [-0.2, 0) is 0 Å².